The number of phenols is 1. The summed E-state index contributed by atoms with van der Waals surface area (Å²) in [7, 11) is 0. The molecule has 21 heavy (non-hydrogen) atoms. The molecule has 0 radical (unpaired) electrons. The van der Waals surface area contributed by atoms with Crippen LogP contribution < -0.4 is 5.32 Å². The quantitative estimate of drug-likeness (QED) is 0.871. The maximum absolute atomic E-state index is 13.8. The van der Waals surface area contributed by atoms with Crippen LogP contribution in [0.15, 0.2) is 42.0 Å². The van der Waals surface area contributed by atoms with E-state index in [1.807, 2.05) is 6.92 Å². The maximum Gasteiger partial charge on any atom is 0.147 e. The van der Waals surface area contributed by atoms with Crippen molar-refractivity contribution in [2.45, 2.75) is 13.3 Å². The summed E-state index contributed by atoms with van der Waals surface area (Å²) < 4.78 is 26.7. The van der Waals surface area contributed by atoms with Crippen molar-refractivity contribution in [2.75, 3.05) is 11.9 Å². The predicted molar refractivity (Wildman–Crippen MR) is 79.3 cm³/mol. The molecule has 0 fully saturated rings. The first-order chi connectivity index (χ1) is 10.1. The standard InChI is InChI=1S/C17H15F2NO/c1-10-12(8-11-2-4-13(18)5-3-11)9-20-17-14(19)6-7-15(21)16(10)17/h2-7,20-21H,8-9H2,1H3. The summed E-state index contributed by atoms with van der Waals surface area (Å²) in [4.78, 5) is 0. The van der Waals surface area contributed by atoms with Crippen molar-refractivity contribution >= 4 is 11.3 Å². The van der Waals surface area contributed by atoms with Crippen molar-refractivity contribution in [1.82, 2.24) is 0 Å². The van der Waals surface area contributed by atoms with Gasteiger partial charge in [0.2, 0.25) is 0 Å². The lowest BCUT2D eigenvalue weighted by atomic mass is 9.91. The number of aromatic hydroxyl groups is 1. The number of hydrogen-bond donors (Lipinski definition) is 2. The highest BCUT2D eigenvalue weighted by Gasteiger charge is 2.21. The Hall–Kier alpha value is -2.36. The molecule has 0 saturated carbocycles. The summed E-state index contributed by atoms with van der Waals surface area (Å²) in [6, 6.07) is 8.92. The fourth-order valence-corrected chi connectivity index (χ4v) is 2.67. The molecule has 0 unspecified atom stereocenters. The van der Waals surface area contributed by atoms with E-state index in [1.165, 1.54) is 24.3 Å². The third kappa shape index (κ3) is 2.49. The summed E-state index contributed by atoms with van der Waals surface area (Å²) in [5, 5.41) is 13.0. The molecule has 0 saturated heterocycles. The van der Waals surface area contributed by atoms with E-state index in [0.717, 1.165) is 16.7 Å². The van der Waals surface area contributed by atoms with E-state index in [2.05, 4.69) is 5.32 Å². The van der Waals surface area contributed by atoms with Gasteiger partial charge in [-0.25, -0.2) is 8.78 Å². The monoisotopic (exact) mass is 287 g/mol. The Morgan fingerprint density at radius 3 is 2.52 bits per heavy atom. The van der Waals surface area contributed by atoms with Crippen molar-refractivity contribution < 1.29 is 13.9 Å². The number of rotatable bonds is 2. The van der Waals surface area contributed by atoms with E-state index in [9.17, 15) is 13.9 Å². The third-order valence-corrected chi connectivity index (χ3v) is 3.85. The molecule has 0 bridgehead atoms. The second-order valence-electron chi connectivity index (χ2n) is 5.20. The highest BCUT2D eigenvalue weighted by molar-refractivity contribution is 5.84. The van der Waals surface area contributed by atoms with Gasteiger partial charge in [-0.05, 0) is 54.3 Å². The minimum absolute atomic E-state index is 0.0627. The molecule has 0 aliphatic carbocycles. The molecule has 3 rings (SSSR count). The smallest absolute Gasteiger partial charge is 0.147 e. The molecule has 2 nitrogen and oxygen atoms in total. The molecule has 0 amide bonds. The first-order valence-corrected chi connectivity index (χ1v) is 6.75. The molecule has 1 aliphatic rings. The van der Waals surface area contributed by atoms with Crippen molar-refractivity contribution in [2.24, 2.45) is 0 Å². The van der Waals surface area contributed by atoms with Gasteiger partial charge < -0.3 is 10.4 Å². The number of fused-ring (bicyclic) bond motifs is 1. The molecule has 2 aromatic carbocycles. The van der Waals surface area contributed by atoms with Crippen molar-refractivity contribution in [3.8, 4) is 5.75 Å². The van der Waals surface area contributed by atoms with Gasteiger partial charge >= 0.3 is 0 Å². The summed E-state index contributed by atoms with van der Waals surface area (Å²) >= 11 is 0. The van der Waals surface area contributed by atoms with Crippen LogP contribution in [0.5, 0.6) is 5.75 Å². The Bertz CT molecular complexity index is 720. The predicted octanol–water partition coefficient (Wildman–Crippen LogP) is 4.11. The highest BCUT2D eigenvalue weighted by Crippen LogP contribution is 2.39. The average molecular weight is 287 g/mol. The zero-order chi connectivity index (χ0) is 15.0. The van der Waals surface area contributed by atoms with Gasteiger partial charge in [-0.3, -0.25) is 0 Å². The number of hydrogen-bond acceptors (Lipinski definition) is 2. The number of halogens is 2. The van der Waals surface area contributed by atoms with Gasteiger partial charge in [0, 0.05) is 12.1 Å². The molecule has 1 heterocycles. The van der Waals surface area contributed by atoms with Crippen LogP contribution in [0.4, 0.5) is 14.5 Å². The second kappa shape index (κ2) is 5.20. The molecule has 0 atom stereocenters. The van der Waals surface area contributed by atoms with Gasteiger partial charge in [0.15, 0.2) is 0 Å². The van der Waals surface area contributed by atoms with Gasteiger partial charge in [-0.2, -0.15) is 0 Å². The Balaban J connectivity index is 2.00. The molecule has 1 aliphatic heterocycles. The lowest BCUT2D eigenvalue weighted by molar-refractivity contribution is 0.471. The van der Waals surface area contributed by atoms with Gasteiger partial charge in [0.1, 0.15) is 17.4 Å². The fourth-order valence-electron chi connectivity index (χ4n) is 2.67. The third-order valence-electron chi connectivity index (χ3n) is 3.85. The zero-order valence-electron chi connectivity index (χ0n) is 11.6. The van der Waals surface area contributed by atoms with Crippen molar-refractivity contribution in [1.29, 1.82) is 0 Å². The van der Waals surface area contributed by atoms with Gasteiger partial charge in [-0.15, -0.1) is 0 Å². The summed E-state index contributed by atoms with van der Waals surface area (Å²) in [5.41, 5.74) is 3.75. The van der Waals surface area contributed by atoms with E-state index in [4.69, 9.17) is 0 Å². The summed E-state index contributed by atoms with van der Waals surface area (Å²) in [6.07, 6.45) is 0.633. The minimum atomic E-state index is -0.372. The molecule has 2 N–H and O–H groups in total. The topological polar surface area (TPSA) is 32.3 Å². The molecule has 108 valence electrons. The number of benzene rings is 2. The lowest BCUT2D eigenvalue weighted by Gasteiger charge is -2.24. The molecular weight excluding hydrogens is 272 g/mol. The number of nitrogens with one attached hydrogen (secondary N) is 1. The molecule has 4 heteroatoms. The van der Waals surface area contributed by atoms with Crippen molar-refractivity contribution in [3.05, 3.63) is 64.7 Å². The van der Waals surface area contributed by atoms with Crippen LogP contribution >= 0.6 is 0 Å². The average Bonchev–Trinajstić information content (AvgIpc) is 2.47. The van der Waals surface area contributed by atoms with Gasteiger partial charge in [0.25, 0.3) is 0 Å². The first kappa shape index (κ1) is 13.6. The van der Waals surface area contributed by atoms with Gasteiger partial charge in [0.05, 0.1) is 5.69 Å². The van der Waals surface area contributed by atoms with Crippen LogP contribution in [0, 0.1) is 11.6 Å². The number of allylic oxidation sites excluding steroid dienone is 1. The number of anilines is 1. The first-order valence-electron chi connectivity index (χ1n) is 6.75. The lowest BCUT2D eigenvalue weighted by Crippen LogP contribution is -2.16. The molecular formula is C17H15F2NO. The fraction of sp³-hybridized carbons (Fsp3) is 0.176. The Labute approximate surface area is 121 Å². The van der Waals surface area contributed by atoms with Crippen LogP contribution in [0.25, 0.3) is 5.57 Å². The van der Waals surface area contributed by atoms with Crippen LogP contribution in [0.3, 0.4) is 0 Å². The molecule has 0 aromatic heterocycles. The summed E-state index contributed by atoms with van der Waals surface area (Å²) in [5.74, 6) is -0.577. The largest absolute Gasteiger partial charge is 0.507 e. The Morgan fingerprint density at radius 2 is 1.81 bits per heavy atom. The van der Waals surface area contributed by atoms with Crippen LogP contribution in [-0.2, 0) is 6.42 Å². The maximum atomic E-state index is 13.8. The summed E-state index contributed by atoms with van der Waals surface area (Å²) in [6.45, 7) is 2.38. The van der Waals surface area contributed by atoms with E-state index in [1.54, 1.807) is 12.1 Å². The van der Waals surface area contributed by atoms with Crippen LogP contribution in [-0.4, -0.2) is 11.7 Å². The van der Waals surface area contributed by atoms with E-state index >= 15 is 0 Å². The van der Waals surface area contributed by atoms with E-state index < -0.39 is 0 Å². The van der Waals surface area contributed by atoms with Crippen LogP contribution in [0.2, 0.25) is 0 Å². The van der Waals surface area contributed by atoms with Gasteiger partial charge in [-0.1, -0.05) is 12.1 Å². The molecule has 0 spiro atoms. The Morgan fingerprint density at radius 1 is 1.10 bits per heavy atom. The molecule has 2 aromatic rings. The van der Waals surface area contributed by atoms with E-state index in [-0.39, 0.29) is 17.4 Å². The zero-order valence-corrected chi connectivity index (χ0v) is 11.6. The second-order valence-corrected chi connectivity index (χ2v) is 5.20. The number of phenolic OH excluding ortho intramolecular Hbond substituents is 1. The van der Waals surface area contributed by atoms with Crippen molar-refractivity contribution in [3.63, 3.8) is 0 Å². The SMILES string of the molecule is CC1=C(Cc2ccc(F)cc2)CNc2c(F)ccc(O)c21. The minimum Gasteiger partial charge on any atom is -0.507 e. The van der Waals surface area contributed by atoms with E-state index in [0.29, 0.717) is 24.2 Å². The Kier molecular flexibility index (Phi) is 3.37. The highest BCUT2D eigenvalue weighted by atomic mass is 19.1. The normalized spacial score (nSPS) is 13.9. The van der Waals surface area contributed by atoms with Crippen LogP contribution in [0.1, 0.15) is 18.1 Å².